The van der Waals surface area contributed by atoms with Crippen LogP contribution in [-0.2, 0) is 12.8 Å². The number of carbonyl (C=O) groups excluding carboxylic acids is 1. The average Bonchev–Trinajstić information content (AvgIpc) is 3.22. The molecule has 0 spiro atoms. The van der Waals surface area contributed by atoms with Crippen molar-refractivity contribution in [2.45, 2.75) is 30.7 Å². The van der Waals surface area contributed by atoms with Crippen LogP contribution >= 0.6 is 11.8 Å². The first-order valence-electron chi connectivity index (χ1n) is 8.13. The van der Waals surface area contributed by atoms with Gasteiger partial charge in [-0.1, -0.05) is 37.7 Å². The zero-order valence-corrected chi connectivity index (χ0v) is 15.3. The number of carbonyl (C=O) groups is 1. The van der Waals surface area contributed by atoms with E-state index < -0.39 is 0 Å². The highest BCUT2D eigenvalue weighted by Gasteiger charge is 2.13. The minimum Gasteiger partial charge on any atom is -0.455 e. The summed E-state index contributed by atoms with van der Waals surface area (Å²) in [5, 5.41) is 3.80. The lowest BCUT2D eigenvalue weighted by molar-refractivity contribution is 0.0995. The van der Waals surface area contributed by atoms with E-state index in [-0.39, 0.29) is 5.91 Å². The van der Waals surface area contributed by atoms with Crippen LogP contribution in [0.1, 0.15) is 41.6 Å². The molecule has 0 atom stereocenters. The molecule has 130 valence electrons. The van der Waals surface area contributed by atoms with Crippen LogP contribution in [0.3, 0.4) is 0 Å². The molecule has 3 aromatic rings. The van der Waals surface area contributed by atoms with Crippen molar-refractivity contribution in [1.82, 2.24) is 9.55 Å². The first-order valence-corrected chi connectivity index (χ1v) is 9.11. The maximum atomic E-state index is 12.4. The summed E-state index contributed by atoms with van der Waals surface area (Å²) >= 11 is 1.57. The molecule has 1 aromatic carbocycles. The van der Waals surface area contributed by atoms with Gasteiger partial charge in [0.05, 0.1) is 5.75 Å². The van der Waals surface area contributed by atoms with E-state index in [4.69, 9.17) is 4.42 Å². The molecule has 1 amide bonds. The molecule has 0 fully saturated rings. The number of nitrogens with one attached hydrogen (secondary N) is 1. The lowest BCUT2D eigenvalue weighted by Gasteiger charge is -2.08. The van der Waals surface area contributed by atoms with E-state index in [0.29, 0.717) is 17.4 Å². The lowest BCUT2D eigenvalue weighted by Crippen LogP contribution is -2.11. The fourth-order valence-electron chi connectivity index (χ4n) is 2.37. The minimum absolute atomic E-state index is 0.242. The zero-order valence-electron chi connectivity index (χ0n) is 14.5. The van der Waals surface area contributed by atoms with Gasteiger partial charge in [0.1, 0.15) is 5.76 Å². The second-order valence-electron chi connectivity index (χ2n) is 6.11. The standard InChI is InChI=1S/C19H21N3O2S/c1-13(2)14-5-4-6-15(11-14)21-18(23)17-8-7-16(24-17)12-25-19-20-9-10-22(19)3/h4-11,13H,12H2,1-3H3,(H,21,23). The van der Waals surface area contributed by atoms with Crippen LogP contribution in [0.25, 0.3) is 0 Å². The van der Waals surface area contributed by atoms with Crippen molar-refractivity contribution >= 4 is 23.4 Å². The van der Waals surface area contributed by atoms with Crippen LogP contribution in [0.15, 0.2) is 58.4 Å². The molecular formula is C19H21N3O2S. The number of rotatable bonds is 6. The number of aryl methyl sites for hydroxylation is 1. The van der Waals surface area contributed by atoms with Gasteiger partial charge in [-0.3, -0.25) is 4.79 Å². The Bertz CT molecular complexity index is 867. The number of imidazole rings is 1. The Balaban J connectivity index is 1.62. The van der Waals surface area contributed by atoms with E-state index in [1.54, 1.807) is 24.0 Å². The van der Waals surface area contributed by atoms with Crippen molar-refractivity contribution in [3.05, 3.63) is 65.9 Å². The van der Waals surface area contributed by atoms with E-state index in [1.807, 2.05) is 42.1 Å². The average molecular weight is 355 g/mol. The maximum Gasteiger partial charge on any atom is 0.291 e. The normalized spacial score (nSPS) is 11.0. The van der Waals surface area contributed by atoms with Crippen molar-refractivity contribution in [1.29, 1.82) is 0 Å². The predicted molar refractivity (Wildman–Crippen MR) is 100.0 cm³/mol. The monoisotopic (exact) mass is 355 g/mol. The molecule has 0 aliphatic carbocycles. The molecule has 0 aliphatic heterocycles. The Kier molecular flexibility index (Phi) is 5.28. The molecule has 0 unspecified atom stereocenters. The topological polar surface area (TPSA) is 60.1 Å². The number of thioether (sulfide) groups is 1. The number of aromatic nitrogens is 2. The molecule has 3 rings (SSSR count). The SMILES string of the molecule is CC(C)c1cccc(NC(=O)c2ccc(CSc3nccn3C)o2)c1. The molecule has 0 bridgehead atoms. The predicted octanol–water partition coefficient (Wildman–Crippen LogP) is 4.68. The third-order valence-electron chi connectivity index (χ3n) is 3.82. The van der Waals surface area contributed by atoms with Gasteiger partial charge in [-0.2, -0.15) is 0 Å². The Labute approximate surface area is 151 Å². The van der Waals surface area contributed by atoms with Crippen LogP contribution in [0.2, 0.25) is 0 Å². The summed E-state index contributed by atoms with van der Waals surface area (Å²) in [4.78, 5) is 16.6. The summed E-state index contributed by atoms with van der Waals surface area (Å²) in [5.41, 5.74) is 1.96. The van der Waals surface area contributed by atoms with E-state index in [2.05, 4.69) is 30.2 Å². The Morgan fingerprint density at radius 2 is 2.16 bits per heavy atom. The van der Waals surface area contributed by atoms with E-state index >= 15 is 0 Å². The zero-order chi connectivity index (χ0) is 17.8. The van der Waals surface area contributed by atoms with Crippen LogP contribution in [0, 0.1) is 0 Å². The number of hydrogen-bond donors (Lipinski definition) is 1. The summed E-state index contributed by atoms with van der Waals surface area (Å²) in [5.74, 6) is 1.85. The lowest BCUT2D eigenvalue weighted by atomic mass is 10.0. The van der Waals surface area contributed by atoms with E-state index in [0.717, 1.165) is 16.6 Å². The van der Waals surface area contributed by atoms with Crippen molar-refractivity contribution in [2.75, 3.05) is 5.32 Å². The number of anilines is 1. The summed E-state index contributed by atoms with van der Waals surface area (Å²) in [7, 11) is 1.95. The highest BCUT2D eigenvalue weighted by atomic mass is 32.2. The van der Waals surface area contributed by atoms with Crippen LogP contribution in [-0.4, -0.2) is 15.5 Å². The molecule has 5 nitrogen and oxygen atoms in total. The van der Waals surface area contributed by atoms with Crippen LogP contribution in [0.5, 0.6) is 0 Å². The summed E-state index contributed by atoms with van der Waals surface area (Å²) in [6, 6.07) is 11.4. The maximum absolute atomic E-state index is 12.4. The highest BCUT2D eigenvalue weighted by Crippen LogP contribution is 2.23. The second-order valence-corrected chi connectivity index (χ2v) is 7.05. The molecule has 25 heavy (non-hydrogen) atoms. The van der Waals surface area contributed by atoms with Gasteiger partial charge in [0, 0.05) is 25.1 Å². The van der Waals surface area contributed by atoms with Crippen LogP contribution in [0.4, 0.5) is 5.69 Å². The van der Waals surface area contributed by atoms with Crippen LogP contribution < -0.4 is 5.32 Å². The van der Waals surface area contributed by atoms with Gasteiger partial charge in [-0.15, -0.1) is 0 Å². The molecular weight excluding hydrogens is 334 g/mol. The number of nitrogens with zero attached hydrogens (tertiary/aromatic N) is 2. The molecule has 0 aliphatic rings. The first kappa shape index (κ1) is 17.4. The minimum atomic E-state index is -0.242. The summed E-state index contributed by atoms with van der Waals surface area (Å²) in [6.45, 7) is 4.25. The van der Waals surface area contributed by atoms with Gasteiger partial charge in [0.2, 0.25) is 0 Å². The largest absolute Gasteiger partial charge is 0.455 e. The quantitative estimate of drug-likeness (QED) is 0.652. The van der Waals surface area contributed by atoms with Gasteiger partial charge >= 0.3 is 0 Å². The van der Waals surface area contributed by atoms with Gasteiger partial charge in [0.15, 0.2) is 10.9 Å². The van der Waals surface area contributed by atoms with Crippen molar-refractivity contribution < 1.29 is 9.21 Å². The van der Waals surface area contributed by atoms with Gasteiger partial charge in [-0.25, -0.2) is 4.98 Å². The smallest absolute Gasteiger partial charge is 0.291 e. The molecule has 2 aromatic heterocycles. The fraction of sp³-hybridized carbons (Fsp3) is 0.263. The molecule has 0 radical (unpaired) electrons. The third-order valence-corrected chi connectivity index (χ3v) is 4.90. The van der Waals surface area contributed by atoms with Crippen molar-refractivity contribution in [3.63, 3.8) is 0 Å². The number of furan rings is 1. The fourth-order valence-corrected chi connectivity index (χ4v) is 3.20. The highest BCUT2D eigenvalue weighted by molar-refractivity contribution is 7.98. The molecule has 0 saturated heterocycles. The Morgan fingerprint density at radius 3 is 2.88 bits per heavy atom. The summed E-state index contributed by atoms with van der Waals surface area (Å²) in [6.07, 6.45) is 3.66. The van der Waals surface area contributed by atoms with Crippen molar-refractivity contribution in [2.24, 2.45) is 7.05 Å². The number of amides is 1. The van der Waals surface area contributed by atoms with Gasteiger partial charge < -0.3 is 14.3 Å². The molecule has 0 saturated carbocycles. The van der Waals surface area contributed by atoms with Crippen molar-refractivity contribution in [3.8, 4) is 0 Å². The van der Waals surface area contributed by atoms with E-state index in [1.165, 1.54) is 5.56 Å². The summed E-state index contributed by atoms with van der Waals surface area (Å²) < 4.78 is 7.61. The Hall–Kier alpha value is -2.47. The van der Waals surface area contributed by atoms with E-state index in [9.17, 15) is 4.79 Å². The second kappa shape index (κ2) is 7.61. The Morgan fingerprint density at radius 1 is 1.32 bits per heavy atom. The van der Waals surface area contributed by atoms with Gasteiger partial charge in [0.25, 0.3) is 5.91 Å². The first-order chi connectivity index (χ1) is 12.0. The molecule has 6 heteroatoms. The molecule has 2 heterocycles. The number of hydrogen-bond acceptors (Lipinski definition) is 4. The van der Waals surface area contributed by atoms with Gasteiger partial charge in [-0.05, 0) is 35.7 Å². The third kappa shape index (κ3) is 4.33. The number of benzene rings is 1. The molecule has 1 N–H and O–H groups in total.